The number of amides is 1. The number of aromatic nitrogens is 1. The van der Waals surface area contributed by atoms with Crippen molar-refractivity contribution in [1.82, 2.24) is 4.98 Å². The highest BCUT2D eigenvalue weighted by Crippen LogP contribution is 2.39. The smallest absolute Gasteiger partial charge is 0.258 e. The molecule has 0 bridgehead atoms. The van der Waals surface area contributed by atoms with Gasteiger partial charge in [0.2, 0.25) is 5.75 Å². The van der Waals surface area contributed by atoms with Crippen molar-refractivity contribution in [2.45, 2.75) is 20.4 Å². The Balaban J connectivity index is 1.83. The number of anilines is 1. The van der Waals surface area contributed by atoms with E-state index in [2.05, 4.69) is 4.98 Å². The van der Waals surface area contributed by atoms with Crippen molar-refractivity contribution in [3.05, 3.63) is 93.3 Å². The van der Waals surface area contributed by atoms with Gasteiger partial charge in [-0.1, -0.05) is 23.8 Å². The van der Waals surface area contributed by atoms with Gasteiger partial charge in [-0.05, 0) is 67.3 Å². The second-order valence-corrected chi connectivity index (χ2v) is 8.36. The molecular weight excluding hydrogens is 444 g/mol. The first-order valence-corrected chi connectivity index (χ1v) is 11.2. The maximum Gasteiger partial charge on any atom is 0.258 e. The second-order valence-electron chi connectivity index (χ2n) is 8.36. The average Bonchev–Trinajstić information content (AvgIpc) is 2.86. The van der Waals surface area contributed by atoms with Gasteiger partial charge in [-0.25, -0.2) is 0 Å². The van der Waals surface area contributed by atoms with E-state index in [-0.39, 0.29) is 18.0 Å². The summed E-state index contributed by atoms with van der Waals surface area (Å²) >= 11 is 0. The third kappa shape index (κ3) is 4.84. The van der Waals surface area contributed by atoms with E-state index in [4.69, 9.17) is 14.2 Å². The molecule has 0 aliphatic heterocycles. The van der Waals surface area contributed by atoms with Crippen LogP contribution >= 0.6 is 0 Å². The fourth-order valence-electron chi connectivity index (χ4n) is 4.10. The molecule has 4 aromatic rings. The van der Waals surface area contributed by atoms with Crippen molar-refractivity contribution in [2.75, 3.05) is 26.2 Å². The molecule has 0 atom stereocenters. The van der Waals surface area contributed by atoms with Gasteiger partial charge in [-0.3, -0.25) is 9.59 Å². The number of nitrogens with one attached hydrogen (secondary N) is 1. The average molecular weight is 473 g/mol. The molecule has 0 saturated heterocycles. The standard InChI is InChI=1S/C28H28N2O5/c1-17-7-6-8-22(12-17)30(16-21-13-19-11-18(2)9-10-23(19)29-27(21)31)28(32)20-14-24(33-3)26(35-5)25(15-20)34-4/h6-15H,16H2,1-5H3,(H,29,31). The SMILES string of the molecule is COc1cc(C(=O)N(Cc2cc3cc(C)ccc3[nH]c2=O)c2cccc(C)c2)cc(OC)c1OC. The molecular formula is C28H28N2O5. The normalized spacial score (nSPS) is 10.8. The van der Waals surface area contributed by atoms with Crippen LogP contribution in [0, 0.1) is 13.8 Å². The molecule has 0 unspecified atom stereocenters. The quantitative estimate of drug-likeness (QED) is 0.409. The van der Waals surface area contributed by atoms with Gasteiger partial charge >= 0.3 is 0 Å². The van der Waals surface area contributed by atoms with Crippen LogP contribution in [-0.2, 0) is 6.54 Å². The lowest BCUT2D eigenvalue weighted by atomic mass is 10.1. The summed E-state index contributed by atoms with van der Waals surface area (Å²) in [7, 11) is 4.51. The molecule has 7 heteroatoms. The summed E-state index contributed by atoms with van der Waals surface area (Å²) in [6, 6.07) is 18.5. The number of aryl methyl sites for hydroxylation is 2. The Hall–Kier alpha value is -4.26. The zero-order valence-electron chi connectivity index (χ0n) is 20.5. The second kappa shape index (κ2) is 9.93. The molecule has 0 fully saturated rings. The van der Waals surface area contributed by atoms with Crippen LogP contribution < -0.4 is 24.7 Å². The number of carbonyl (C=O) groups excluding carboxylic acids is 1. The van der Waals surface area contributed by atoms with Gasteiger partial charge in [0.05, 0.1) is 27.9 Å². The number of methoxy groups -OCH3 is 3. The Morgan fingerprint density at radius 3 is 2.17 bits per heavy atom. The minimum Gasteiger partial charge on any atom is -0.493 e. The van der Waals surface area contributed by atoms with Crippen LogP contribution in [0.4, 0.5) is 5.69 Å². The molecule has 3 aromatic carbocycles. The van der Waals surface area contributed by atoms with Crippen LogP contribution in [0.25, 0.3) is 10.9 Å². The number of nitrogens with zero attached hydrogens (tertiary/aromatic N) is 1. The van der Waals surface area contributed by atoms with Crippen molar-refractivity contribution in [3.63, 3.8) is 0 Å². The minimum absolute atomic E-state index is 0.0815. The molecule has 1 heterocycles. The van der Waals surface area contributed by atoms with Crippen LogP contribution in [-0.4, -0.2) is 32.2 Å². The van der Waals surface area contributed by atoms with Crippen LogP contribution in [0.2, 0.25) is 0 Å². The summed E-state index contributed by atoms with van der Waals surface area (Å²) in [6.07, 6.45) is 0. The van der Waals surface area contributed by atoms with E-state index in [1.807, 2.05) is 62.4 Å². The summed E-state index contributed by atoms with van der Waals surface area (Å²) in [5.41, 5.74) is 4.08. The first-order chi connectivity index (χ1) is 16.8. The molecule has 35 heavy (non-hydrogen) atoms. The van der Waals surface area contributed by atoms with Crippen LogP contribution in [0.5, 0.6) is 17.2 Å². The first-order valence-electron chi connectivity index (χ1n) is 11.2. The fraction of sp³-hybridized carbons (Fsp3) is 0.214. The zero-order chi connectivity index (χ0) is 25.1. The Morgan fingerprint density at radius 1 is 0.857 bits per heavy atom. The predicted molar refractivity (Wildman–Crippen MR) is 137 cm³/mol. The zero-order valence-corrected chi connectivity index (χ0v) is 20.5. The summed E-state index contributed by atoms with van der Waals surface area (Å²) in [4.78, 5) is 31.4. The minimum atomic E-state index is -0.307. The molecule has 7 nitrogen and oxygen atoms in total. The van der Waals surface area contributed by atoms with Crippen molar-refractivity contribution in [3.8, 4) is 17.2 Å². The van der Waals surface area contributed by atoms with Gasteiger partial charge in [0, 0.05) is 22.3 Å². The van der Waals surface area contributed by atoms with E-state index in [1.165, 1.54) is 21.3 Å². The number of ether oxygens (including phenoxy) is 3. The van der Waals surface area contributed by atoms with E-state index < -0.39 is 0 Å². The van der Waals surface area contributed by atoms with E-state index in [9.17, 15) is 9.59 Å². The molecule has 0 spiro atoms. The van der Waals surface area contributed by atoms with Gasteiger partial charge in [0.1, 0.15) is 0 Å². The van der Waals surface area contributed by atoms with Crippen LogP contribution in [0.1, 0.15) is 27.0 Å². The monoisotopic (exact) mass is 472 g/mol. The molecule has 0 aliphatic carbocycles. The number of hydrogen-bond donors (Lipinski definition) is 1. The first kappa shape index (κ1) is 23.9. The van der Waals surface area contributed by atoms with Crippen molar-refractivity contribution >= 4 is 22.5 Å². The Kier molecular flexibility index (Phi) is 6.78. The van der Waals surface area contributed by atoms with Gasteiger partial charge in [0.25, 0.3) is 11.5 Å². The number of H-pyrrole nitrogens is 1. The maximum atomic E-state index is 13.9. The number of rotatable bonds is 7. The number of aromatic amines is 1. The van der Waals surface area contributed by atoms with Crippen molar-refractivity contribution < 1.29 is 19.0 Å². The fourth-order valence-corrected chi connectivity index (χ4v) is 4.10. The van der Waals surface area contributed by atoms with E-state index in [0.717, 1.165) is 22.0 Å². The largest absolute Gasteiger partial charge is 0.493 e. The molecule has 4 rings (SSSR count). The topological polar surface area (TPSA) is 80.9 Å². The van der Waals surface area contributed by atoms with Gasteiger partial charge in [-0.2, -0.15) is 0 Å². The maximum absolute atomic E-state index is 13.9. The summed E-state index contributed by atoms with van der Waals surface area (Å²) < 4.78 is 16.3. The molecule has 0 saturated carbocycles. The highest BCUT2D eigenvalue weighted by molar-refractivity contribution is 6.07. The van der Waals surface area contributed by atoms with E-state index in [0.29, 0.717) is 34.1 Å². The Morgan fingerprint density at radius 2 is 1.54 bits per heavy atom. The van der Waals surface area contributed by atoms with Gasteiger partial charge in [0.15, 0.2) is 11.5 Å². The van der Waals surface area contributed by atoms with Crippen molar-refractivity contribution in [2.24, 2.45) is 0 Å². The summed E-state index contributed by atoms with van der Waals surface area (Å²) in [5.74, 6) is 0.838. The lowest BCUT2D eigenvalue weighted by Gasteiger charge is -2.24. The molecule has 0 aliphatic rings. The Bertz CT molecular complexity index is 1430. The highest BCUT2D eigenvalue weighted by atomic mass is 16.5. The lowest BCUT2D eigenvalue weighted by molar-refractivity contribution is 0.0984. The number of hydrogen-bond acceptors (Lipinski definition) is 5. The lowest BCUT2D eigenvalue weighted by Crippen LogP contribution is -2.33. The van der Waals surface area contributed by atoms with Crippen LogP contribution in [0.15, 0.2) is 65.5 Å². The third-order valence-electron chi connectivity index (χ3n) is 5.88. The molecule has 1 amide bonds. The van der Waals surface area contributed by atoms with Gasteiger partial charge in [-0.15, -0.1) is 0 Å². The molecule has 1 N–H and O–H groups in total. The van der Waals surface area contributed by atoms with Crippen LogP contribution in [0.3, 0.4) is 0 Å². The number of carbonyl (C=O) groups is 1. The Labute approximate surface area is 203 Å². The van der Waals surface area contributed by atoms with Crippen molar-refractivity contribution in [1.29, 1.82) is 0 Å². The van der Waals surface area contributed by atoms with E-state index in [1.54, 1.807) is 17.0 Å². The number of pyridine rings is 1. The van der Waals surface area contributed by atoms with Gasteiger partial charge < -0.3 is 24.1 Å². The highest BCUT2D eigenvalue weighted by Gasteiger charge is 2.24. The summed E-state index contributed by atoms with van der Waals surface area (Å²) in [5, 5.41) is 0.907. The number of benzene rings is 3. The predicted octanol–water partition coefficient (Wildman–Crippen LogP) is 5.02. The number of fused-ring (bicyclic) bond motifs is 1. The van der Waals surface area contributed by atoms with E-state index >= 15 is 0 Å². The molecule has 180 valence electrons. The summed E-state index contributed by atoms with van der Waals surface area (Å²) in [6.45, 7) is 4.03. The molecule has 1 aromatic heterocycles. The third-order valence-corrected chi connectivity index (χ3v) is 5.88. The molecule has 0 radical (unpaired) electrons.